The maximum absolute atomic E-state index is 2.47. The van der Waals surface area contributed by atoms with Gasteiger partial charge in [0.15, 0.2) is 0 Å². The summed E-state index contributed by atoms with van der Waals surface area (Å²) in [6, 6.07) is 53.8. The molecule has 7 aromatic carbocycles. The molecule has 9 aromatic rings. The number of aromatic nitrogens is 2. The molecule has 212 valence electrons. The van der Waals surface area contributed by atoms with Gasteiger partial charge >= 0.3 is 0 Å². The van der Waals surface area contributed by atoms with Crippen molar-refractivity contribution in [1.29, 1.82) is 0 Å². The standard InChI is InChI=1S/C43H30N2/c1-43(2)36-17-9-6-16-33(36)42-34-26-41-35(24-27(34)20-23-37(42)43)31-15-8-11-19-39(31)45(41)29-21-22-32-30-14-7-10-18-38(30)44(40(32)25-29)28-12-4-3-5-13-28/h3-26H,1-2H3. The monoisotopic (exact) mass is 574 g/mol. The van der Waals surface area contributed by atoms with E-state index >= 15 is 0 Å². The average Bonchev–Trinajstić information content (AvgIpc) is 3.67. The Balaban J connectivity index is 1.32. The molecule has 2 aromatic heterocycles. The molecular weight excluding hydrogens is 544 g/mol. The summed E-state index contributed by atoms with van der Waals surface area (Å²) in [6.45, 7) is 4.72. The molecule has 0 spiro atoms. The Bertz CT molecular complexity index is 2670. The van der Waals surface area contributed by atoms with E-state index in [0.29, 0.717) is 0 Å². The van der Waals surface area contributed by atoms with E-state index in [2.05, 4.69) is 169 Å². The van der Waals surface area contributed by atoms with Crippen molar-refractivity contribution < 1.29 is 0 Å². The average molecular weight is 575 g/mol. The Morgan fingerprint density at radius 2 is 1.02 bits per heavy atom. The van der Waals surface area contributed by atoms with Crippen LogP contribution in [-0.4, -0.2) is 9.13 Å². The van der Waals surface area contributed by atoms with E-state index in [1.165, 1.54) is 88.0 Å². The molecule has 45 heavy (non-hydrogen) atoms. The third kappa shape index (κ3) is 3.24. The fourth-order valence-corrected chi connectivity index (χ4v) is 8.22. The molecule has 0 N–H and O–H groups in total. The minimum Gasteiger partial charge on any atom is -0.309 e. The molecule has 2 heteroatoms. The van der Waals surface area contributed by atoms with Crippen LogP contribution in [0, 0.1) is 0 Å². The third-order valence-corrected chi connectivity index (χ3v) is 10.3. The number of rotatable bonds is 2. The first-order valence-electron chi connectivity index (χ1n) is 15.8. The second-order valence-electron chi connectivity index (χ2n) is 13.0. The van der Waals surface area contributed by atoms with Crippen LogP contribution in [0.25, 0.3) is 76.9 Å². The maximum atomic E-state index is 2.47. The lowest BCUT2D eigenvalue weighted by Gasteiger charge is -2.21. The molecule has 0 fully saturated rings. The zero-order valence-electron chi connectivity index (χ0n) is 25.3. The predicted molar refractivity (Wildman–Crippen MR) is 190 cm³/mol. The highest BCUT2D eigenvalue weighted by Gasteiger charge is 2.36. The summed E-state index contributed by atoms with van der Waals surface area (Å²) in [5, 5.41) is 7.71. The molecule has 0 aliphatic heterocycles. The Hall–Kier alpha value is -5.60. The van der Waals surface area contributed by atoms with Crippen molar-refractivity contribution in [2.24, 2.45) is 0 Å². The van der Waals surface area contributed by atoms with Gasteiger partial charge in [0, 0.05) is 38.3 Å². The molecule has 0 unspecified atom stereocenters. The largest absolute Gasteiger partial charge is 0.309 e. The number of hydrogen-bond acceptors (Lipinski definition) is 0. The number of hydrogen-bond donors (Lipinski definition) is 0. The summed E-state index contributed by atoms with van der Waals surface area (Å²) >= 11 is 0. The van der Waals surface area contributed by atoms with Gasteiger partial charge in [-0.2, -0.15) is 0 Å². The fourth-order valence-electron chi connectivity index (χ4n) is 8.22. The number of fused-ring (bicyclic) bond motifs is 11. The summed E-state index contributed by atoms with van der Waals surface area (Å²) in [4.78, 5) is 0. The highest BCUT2D eigenvalue weighted by atomic mass is 15.0. The first kappa shape index (κ1) is 24.8. The highest BCUT2D eigenvalue weighted by molar-refractivity contribution is 6.17. The van der Waals surface area contributed by atoms with E-state index < -0.39 is 0 Å². The molecule has 0 amide bonds. The van der Waals surface area contributed by atoms with Gasteiger partial charge in [-0.3, -0.25) is 0 Å². The van der Waals surface area contributed by atoms with Crippen molar-refractivity contribution in [2.45, 2.75) is 19.3 Å². The lowest BCUT2D eigenvalue weighted by Crippen LogP contribution is -2.14. The van der Waals surface area contributed by atoms with E-state index in [1.807, 2.05) is 0 Å². The van der Waals surface area contributed by atoms with Crippen LogP contribution >= 0.6 is 0 Å². The summed E-state index contributed by atoms with van der Waals surface area (Å²) in [5.41, 5.74) is 12.8. The predicted octanol–water partition coefficient (Wildman–Crippen LogP) is 11.3. The van der Waals surface area contributed by atoms with Crippen LogP contribution in [0.4, 0.5) is 0 Å². The number of nitrogens with zero attached hydrogens (tertiary/aromatic N) is 2. The third-order valence-electron chi connectivity index (χ3n) is 10.3. The summed E-state index contributed by atoms with van der Waals surface area (Å²) < 4.78 is 4.88. The number of benzene rings is 7. The molecule has 2 heterocycles. The Labute approximate surface area is 261 Å². The van der Waals surface area contributed by atoms with Crippen LogP contribution in [-0.2, 0) is 5.41 Å². The van der Waals surface area contributed by atoms with Gasteiger partial charge < -0.3 is 9.13 Å². The van der Waals surface area contributed by atoms with Crippen LogP contribution in [0.2, 0.25) is 0 Å². The van der Waals surface area contributed by atoms with Crippen LogP contribution in [0.3, 0.4) is 0 Å². The minimum absolute atomic E-state index is 0.0301. The summed E-state index contributed by atoms with van der Waals surface area (Å²) in [6.07, 6.45) is 0. The first-order valence-corrected chi connectivity index (χ1v) is 15.8. The summed E-state index contributed by atoms with van der Waals surface area (Å²) in [5.74, 6) is 0. The van der Waals surface area contributed by atoms with Gasteiger partial charge in [-0.15, -0.1) is 0 Å². The first-order chi connectivity index (χ1) is 22.1. The molecular formula is C43H30N2. The molecule has 2 nitrogen and oxygen atoms in total. The van der Waals surface area contributed by atoms with Gasteiger partial charge in [0.05, 0.1) is 22.1 Å². The molecule has 1 aliphatic rings. The van der Waals surface area contributed by atoms with E-state index in [4.69, 9.17) is 0 Å². The number of para-hydroxylation sites is 3. The van der Waals surface area contributed by atoms with E-state index in [-0.39, 0.29) is 5.41 Å². The lowest BCUT2D eigenvalue weighted by atomic mass is 9.82. The zero-order valence-corrected chi connectivity index (χ0v) is 25.3. The Morgan fingerprint density at radius 3 is 1.82 bits per heavy atom. The zero-order chi connectivity index (χ0) is 29.9. The van der Waals surface area contributed by atoms with Gasteiger partial charge in [-0.25, -0.2) is 0 Å². The van der Waals surface area contributed by atoms with Crippen molar-refractivity contribution in [3.8, 4) is 22.5 Å². The van der Waals surface area contributed by atoms with Crippen molar-refractivity contribution in [2.75, 3.05) is 0 Å². The van der Waals surface area contributed by atoms with Gasteiger partial charge in [-0.05, 0) is 81.6 Å². The Kier molecular flexibility index (Phi) is 4.82. The highest BCUT2D eigenvalue weighted by Crippen LogP contribution is 2.52. The van der Waals surface area contributed by atoms with Crippen LogP contribution in [0.5, 0.6) is 0 Å². The normalized spacial score (nSPS) is 13.7. The molecule has 0 saturated heterocycles. The molecule has 0 atom stereocenters. The molecule has 0 saturated carbocycles. The van der Waals surface area contributed by atoms with Gasteiger partial charge in [0.25, 0.3) is 0 Å². The van der Waals surface area contributed by atoms with Crippen LogP contribution < -0.4 is 0 Å². The topological polar surface area (TPSA) is 9.86 Å². The van der Waals surface area contributed by atoms with Gasteiger partial charge in [0.2, 0.25) is 0 Å². The van der Waals surface area contributed by atoms with E-state index in [1.54, 1.807) is 0 Å². The lowest BCUT2D eigenvalue weighted by molar-refractivity contribution is 0.661. The molecule has 10 rings (SSSR count). The van der Waals surface area contributed by atoms with Crippen molar-refractivity contribution in [3.63, 3.8) is 0 Å². The quantitative estimate of drug-likeness (QED) is 0.194. The van der Waals surface area contributed by atoms with Crippen LogP contribution in [0.15, 0.2) is 146 Å². The van der Waals surface area contributed by atoms with E-state index in [0.717, 1.165) is 0 Å². The molecule has 0 bridgehead atoms. The van der Waals surface area contributed by atoms with Gasteiger partial charge in [0.1, 0.15) is 0 Å². The Morgan fingerprint density at radius 1 is 0.400 bits per heavy atom. The van der Waals surface area contributed by atoms with Crippen molar-refractivity contribution >= 4 is 54.4 Å². The van der Waals surface area contributed by atoms with Gasteiger partial charge in [-0.1, -0.05) is 111 Å². The van der Waals surface area contributed by atoms with Crippen LogP contribution in [0.1, 0.15) is 25.0 Å². The van der Waals surface area contributed by atoms with Crippen molar-refractivity contribution in [1.82, 2.24) is 9.13 Å². The smallest absolute Gasteiger partial charge is 0.0561 e. The van der Waals surface area contributed by atoms with Crippen molar-refractivity contribution in [3.05, 3.63) is 157 Å². The second kappa shape index (κ2) is 8.74. The fraction of sp³-hybridized carbons (Fsp3) is 0.0698. The maximum Gasteiger partial charge on any atom is 0.0561 e. The molecule has 1 aliphatic carbocycles. The second-order valence-corrected chi connectivity index (χ2v) is 13.0. The molecule has 0 radical (unpaired) electrons. The SMILES string of the molecule is CC1(C)c2ccccc2-c2c1ccc1cc3c4ccccc4n(-c4ccc5c6ccccc6n(-c6ccccc6)c5c4)c3cc21. The van der Waals surface area contributed by atoms with E-state index in [9.17, 15) is 0 Å². The minimum atomic E-state index is -0.0301. The summed E-state index contributed by atoms with van der Waals surface area (Å²) in [7, 11) is 0.